The molecule has 0 aliphatic carbocycles. The van der Waals surface area contributed by atoms with Crippen LogP contribution in [-0.2, 0) is 19.6 Å². The lowest BCUT2D eigenvalue weighted by Crippen LogP contribution is -2.20. The Morgan fingerprint density at radius 2 is 2.00 bits per heavy atom. The minimum Gasteiger partial charge on any atom is -0.398 e. The summed E-state index contributed by atoms with van der Waals surface area (Å²) >= 11 is 0. The molecule has 0 aliphatic rings. The molecule has 0 bridgehead atoms. The quantitative estimate of drug-likeness (QED) is 0.838. The number of nitrogens with two attached hydrogens (primary N) is 1. The normalized spacial score (nSPS) is 11.2. The smallest absolute Gasteiger partial charge is 0.0597 e. The van der Waals surface area contributed by atoms with Crippen molar-refractivity contribution < 1.29 is 0 Å². The highest BCUT2D eigenvalue weighted by atomic mass is 15.3. The Hall–Kier alpha value is -1.81. The third kappa shape index (κ3) is 3.35. The van der Waals surface area contributed by atoms with Crippen molar-refractivity contribution in [3.63, 3.8) is 0 Å². The first kappa shape index (κ1) is 13.6. The van der Waals surface area contributed by atoms with E-state index in [2.05, 4.69) is 40.8 Å². The first-order chi connectivity index (χ1) is 9.10. The zero-order valence-electron chi connectivity index (χ0n) is 11.9. The van der Waals surface area contributed by atoms with Gasteiger partial charge in [0.15, 0.2) is 0 Å². The van der Waals surface area contributed by atoms with E-state index < -0.39 is 0 Å². The summed E-state index contributed by atoms with van der Waals surface area (Å²) in [5.74, 6) is 0. The number of hydrogen-bond acceptors (Lipinski definition) is 3. The standard InChI is InChI=1S/C15H22N4/c1-4-19-14(9-12(2)17-19)11-18(3)10-13-7-5-6-8-15(13)16/h5-9H,4,10-11,16H2,1-3H3. The van der Waals surface area contributed by atoms with Gasteiger partial charge in [-0.25, -0.2) is 0 Å². The van der Waals surface area contributed by atoms with Gasteiger partial charge in [0, 0.05) is 25.3 Å². The van der Waals surface area contributed by atoms with Crippen LogP contribution >= 0.6 is 0 Å². The van der Waals surface area contributed by atoms with Crippen molar-refractivity contribution in [2.45, 2.75) is 33.5 Å². The minimum absolute atomic E-state index is 0.848. The molecule has 2 N–H and O–H groups in total. The molecule has 2 aromatic rings. The van der Waals surface area contributed by atoms with Crippen LogP contribution in [0.15, 0.2) is 30.3 Å². The van der Waals surface area contributed by atoms with E-state index in [-0.39, 0.29) is 0 Å². The Morgan fingerprint density at radius 3 is 2.68 bits per heavy atom. The van der Waals surface area contributed by atoms with Crippen LogP contribution < -0.4 is 5.73 Å². The Balaban J connectivity index is 2.05. The van der Waals surface area contributed by atoms with Gasteiger partial charge in [-0.15, -0.1) is 0 Å². The summed E-state index contributed by atoms with van der Waals surface area (Å²) in [5, 5.41) is 4.47. The van der Waals surface area contributed by atoms with Gasteiger partial charge in [-0.2, -0.15) is 5.10 Å². The fourth-order valence-corrected chi connectivity index (χ4v) is 2.30. The highest BCUT2D eigenvalue weighted by molar-refractivity contribution is 5.46. The number of hydrogen-bond donors (Lipinski definition) is 1. The molecule has 4 nitrogen and oxygen atoms in total. The van der Waals surface area contributed by atoms with Gasteiger partial charge in [-0.3, -0.25) is 9.58 Å². The molecule has 0 fully saturated rings. The molecule has 0 radical (unpaired) electrons. The molecule has 19 heavy (non-hydrogen) atoms. The third-order valence-corrected chi connectivity index (χ3v) is 3.21. The van der Waals surface area contributed by atoms with Crippen LogP contribution in [0.1, 0.15) is 23.9 Å². The summed E-state index contributed by atoms with van der Waals surface area (Å²) in [5.41, 5.74) is 10.3. The molecular formula is C15H22N4. The van der Waals surface area contributed by atoms with E-state index in [1.807, 2.05) is 25.1 Å². The van der Waals surface area contributed by atoms with Crippen LogP contribution in [0.25, 0.3) is 0 Å². The highest BCUT2D eigenvalue weighted by Crippen LogP contribution is 2.14. The van der Waals surface area contributed by atoms with Crippen LogP contribution in [0, 0.1) is 6.92 Å². The van der Waals surface area contributed by atoms with Crippen molar-refractivity contribution in [3.8, 4) is 0 Å². The fraction of sp³-hybridized carbons (Fsp3) is 0.400. The number of nitrogen functional groups attached to an aromatic ring is 1. The Morgan fingerprint density at radius 1 is 1.26 bits per heavy atom. The molecule has 0 spiro atoms. The number of rotatable bonds is 5. The lowest BCUT2D eigenvalue weighted by atomic mass is 10.1. The molecule has 1 aromatic heterocycles. The summed E-state index contributed by atoms with van der Waals surface area (Å²) in [6.45, 7) is 6.78. The van der Waals surface area contributed by atoms with Crippen LogP contribution in [0.3, 0.4) is 0 Å². The van der Waals surface area contributed by atoms with Gasteiger partial charge in [0.1, 0.15) is 0 Å². The number of anilines is 1. The van der Waals surface area contributed by atoms with Crippen LogP contribution in [0.2, 0.25) is 0 Å². The average Bonchev–Trinajstić information content (AvgIpc) is 2.72. The van der Waals surface area contributed by atoms with E-state index >= 15 is 0 Å². The second-order valence-electron chi connectivity index (χ2n) is 4.96. The molecule has 2 rings (SSSR count). The third-order valence-electron chi connectivity index (χ3n) is 3.21. The number of para-hydroxylation sites is 1. The number of aromatic nitrogens is 2. The largest absolute Gasteiger partial charge is 0.398 e. The van der Waals surface area contributed by atoms with E-state index in [0.29, 0.717) is 0 Å². The fourth-order valence-electron chi connectivity index (χ4n) is 2.30. The summed E-state index contributed by atoms with van der Waals surface area (Å²) in [6.07, 6.45) is 0. The van der Waals surface area contributed by atoms with E-state index in [9.17, 15) is 0 Å². The van der Waals surface area contributed by atoms with E-state index in [1.54, 1.807) is 0 Å². The van der Waals surface area contributed by atoms with Crippen molar-refractivity contribution in [3.05, 3.63) is 47.3 Å². The second kappa shape index (κ2) is 5.89. The van der Waals surface area contributed by atoms with Gasteiger partial charge in [-0.05, 0) is 38.6 Å². The van der Waals surface area contributed by atoms with Crippen molar-refractivity contribution in [1.29, 1.82) is 0 Å². The Bertz CT molecular complexity index is 545. The van der Waals surface area contributed by atoms with Crippen molar-refractivity contribution >= 4 is 5.69 Å². The minimum atomic E-state index is 0.848. The Labute approximate surface area is 114 Å². The maximum Gasteiger partial charge on any atom is 0.0597 e. The molecule has 1 aromatic carbocycles. The van der Waals surface area contributed by atoms with Gasteiger partial charge in [0.05, 0.1) is 11.4 Å². The predicted octanol–water partition coefficient (Wildman–Crippen LogP) is 2.43. The number of benzene rings is 1. The van der Waals surface area contributed by atoms with Gasteiger partial charge >= 0.3 is 0 Å². The summed E-state index contributed by atoms with van der Waals surface area (Å²) in [4.78, 5) is 2.26. The molecule has 102 valence electrons. The van der Waals surface area contributed by atoms with E-state index in [0.717, 1.165) is 31.0 Å². The average molecular weight is 258 g/mol. The summed E-state index contributed by atoms with van der Waals surface area (Å²) < 4.78 is 2.06. The maximum absolute atomic E-state index is 5.98. The van der Waals surface area contributed by atoms with Gasteiger partial charge in [0.25, 0.3) is 0 Å². The van der Waals surface area contributed by atoms with Crippen LogP contribution in [-0.4, -0.2) is 21.7 Å². The van der Waals surface area contributed by atoms with E-state index in [1.165, 1.54) is 11.3 Å². The van der Waals surface area contributed by atoms with Crippen LogP contribution in [0.5, 0.6) is 0 Å². The molecule has 0 unspecified atom stereocenters. The monoisotopic (exact) mass is 258 g/mol. The molecule has 0 saturated carbocycles. The first-order valence-electron chi connectivity index (χ1n) is 6.65. The molecule has 4 heteroatoms. The molecule has 0 saturated heterocycles. The van der Waals surface area contributed by atoms with Gasteiger partial charge in [-0.1, -0.05) is 18.2 Å². The van der Waals surface area contributed by atoms with Crippen molar-refractivity contribution in [1.82, 2.24) is 14.7 Å². The van der Waals surface area contributed by atoms with Crippen molar-refractivity contribution in [2.24, 2.45) is 0 Å². The zero-order chi connectivity index (χ0) is 13.8. The zero-order valence-corrected chi connectivity index (χ0v) is 11.9. The van der Waals surface area contributed by atoms with Gasteiger partial charge in [0.2, 0.25) is 0 Å². The number of aryl methyl sites for hydroxylation is 2. The van der Waals surface area contributed by atoms with E-state index in [4.69, 9.17) is 5.73 Å². The SMILES string of the molecule is CCn1nc(C)cc1CN(C)Cc1ccccc1N. The number of nitrogens with zero attached hydrogens (tertiary/aromatic N) is 3. The lowest BCUT2D eigenvalue weighted by molar-refractivity contribution is 0.308. The lowest BCUT2D eigenvalue weighted by Gasteiger charge is -2.18. The van der Waals surface area contributed by atoms with Gasteiger partial charge < -0.3 is 5.73 Å². The van der Waals surface area contributed by atoms with Crippen molar-refractivity contribution in [2.75, 3.05) is 12.8 Å². The second-order valence-corrected chi connectivity index (χ2v) is 4.96. The first-order valence-corrected chi connectivity index (χ1v) is 6.65. The highest BCUT2D eigenvalue weighted by Gasteiger charge is 2.08. The summed E-state index contributed by atoms with van der Waals surface area (Å²) in [7, 11) is 2.11. The predicted molar refractivity (Wildman–Crippen MR) is 78.7 cm³/mol. The molecule has 1 heterocycles. The van der Waals surface area contributed by atoms with Crippen LogP contribution in [0.4, 0.5) is 5.69 Å². The molecular weight excluding hydrogens is 236 g/mol. The Kier molecular flexibility index (Phi) is 4.22. The molecule has 0 aliphatic heterocycles. The molecule has 0 amide bonds. The molecule has 0 atom stereocenters. The maximum atomic E-state index is 5.98. The topological polar surface area (TPSA) is 47.1 Å². The summed E-state index contributed by atoms with van der Waals surface area (Å²) in [6, 6.07) is 10.2.